The van der Waals surface area contributed by atoms with Crippen LogP contribution < -0.4 is 10.2 Å². The van der Waals surface area contributed by atoms with Crippen molar-refractivity contribution in [3.8, 4) is 0 Å². The first-order valence-electron chi connectivity index (χ1n) is 7.81. The quantitative estimate of drug-likeness (QED) is 0.921. The molecule has 1 saturated heterocycles. The van der Waals surface area contributed by atoms with E-state index in [0.29, 0.717) is 18.8 Å². The number of aryl methyl sites for hydroxylation is 2. The van der Waals surface area contributed by atoms with Crippen molar-refractivity contribution in [2.24, 2.45) is 7.05 Å². The van der Waals surface area contributed by atoms with E-state index in [1.54, 1.807) is 17.8 Å². The summed E-state index contributed by atoms with van der Waals surface area (Å²) in [4.78, 5) is 18.3. The fourth-order valence-electron chi connectivity index (χ4n) is 3.01. The topological polar surface area (TPSA) is 63.1 Å². The number of piperidine rings is 1. The molecule has 8 heteroatoms. The Morgan fingerprint density at radius 1 is 1.46 bits per heavy atom. The Bertz CT molecular complexity index is 763. The van der Waals surface area contributed by atoms with Gasteiger partial charge < -0.3 is 10.2 Å². The molecular formula is C16H19ClFN5O. The molecule has 1 aliphatic rings. The highest BCUT2D eigenvalue weighted by Crippen LogP contribution is 2.23. The zero-order valence-electron chi connectivity index (χ0n) is 13.6. The number of hydrogen-bond donors (Lipinski definition) is 1. The number of nitrogens with one attached hydrogen (secondary N) is 1. The summed E-state index contributed by atoms with van der Waals surface area (Å²) in [6, 6.07) is 2.93. The molecule has 0 spiro atoms. The van der Waals surface area contributed by atoms with E-state index >= 15 is 0 Å². The number of amides is 1. The molecule has 3 rings (SSSR count). The van der Waals surface area contributed by atoms with Crippen molar-refractivity contribution in [3.05, 3.63) is 40.6 Å². The molecular weight excluding hydrogens is 333 g/mol. The first-order chi connectivity index (χ1) is 11.4. The molecule has 0 bridgehead atoms. The monoisotopic (exact) mass is 351 g/mol. The van der Waals surface area contributed by atoms with Gasteiger partial charge in [-0.05, 0) is 31.9 Å². The third-order valence-corrected chi connectivity index (χ3v) is 4.29. The van der Waals surface area contributed by atoms with Crippen molar-refractivity contribution in [2.45, 2.75) is 25.8 Å². The zero-order chi connectivity index (χ0) is 17.3. The number of aromatic nitrogens is 3. The molecule has 128 valence electrons. The van der Waals surface area contributed by atoms with Crippen LogP contribution >= 0.6 is 11.6 Å². The fourth-order valence-corrected chi connectivity index (χ4v) is 3.15. The first kappa shape index (κ1) is 16.7. The van der Waals surface area contributed by atoms with Crippen molar-refractivity contribution in [1.29, 1.82) is 0 Å². The molecule has 2 aromatic heterocycles. The molecule has 24 heavy (non-hydrogen) atoms. The lowest BCUT2D eigenvalue weighted by atomic mass is 10.1. The maximum absolute atomic E-state index is 14.1. The number of anilines is 1. The number of carbonyl (C=O) groups excluding carboxylic acids is 1. The summed E-state index contributed by atoms with van der Waals surface area (Å²) in [7, 11) is 1.74. The van der Waals surface area contributed by atoms with E-state index in [-0.39, 0.29) is 22.8 Å². The summed E-state index contributed by atoms with van der Waals surface area (Å²) in [6.07, 6.45) is 3.12. The number of halogens is 2. The number of carbonyl (C=O) groups is 1. The largest absolute Gasteiger partial charge is 0.352 e. The van der Waals surface area contributed by atoms with Crippen molar-refractivity contribution < 1.29 is 9.18 Å². The summed E-state index contributed by atoms with van der Waals surface area (Å²) >= 11 is 5.75. The average molecular weight is 352 g/mol. The fraction of sp³-hybridized carbons (Fsp3) is 0.438. The molecule has 1 amide bonds. The van der Waals surface area contributed by atoms with E-state index in [0.717, 1.165) is 18.5 Å². The van der Waals surface area contributed by atoms with Gasteiger partial charge in [-0.15, -0.1) is 0 Å². The summed E-state index contributed by atoms with van der Waals surface area (Å²) in [6.45, 7) is 3.05. The van der Waals surface area contributed by atoms with Gasteiger partial charge in [0.05, 0.1) is 10.7 Å². The third kappa shape index (κ3) is 3.51. The molecule has 0 radical (unpaired) electrons. The van der Waals surface area contributed by atoms with E-state index in [4.69, 9.17) is 11.6 Å². The Morgan fingerprint density at radius 2 is 2.25 bits per heavy atom. The van der Waals surface area contributed by atoms with E-state index in [1.165, 1.54) is 12.3 Å². The van der Waals surface area contributed by atoms with Gasteiger partial charge in [0.2, 0.25) is 0 Å². The van der Waals surface area contributed by atoms with Gasteiger partial charge in [-0.1, -0.05) is 11.6 Å². The molecule has 0 aromatic carbocycles. The molecule has 0 aliphatic carbocycles. The normalized spacial score (nSPS) is 17.8. The lowest BCUT2D eigenvalue weighted by Crippen LogP contribution is -2.48. The Balaban J connectivity index is 1.69. The van der Waals surface area contributed by atoms with Crippen LogP contribution in [-0.4, -0.2) is 39.8 Å². The third-order valence-electron chi connectivity index (χ3n) is 4.08. The van der Waals surface area contributed by atoms with Crippen molar-refractivity contribution >= 4 is 23.3 Å². The molecule has 6 nitrogen and oxygen atoms in total. The molecule has 2 aromatic rings. The maximum atomic E-state index is 14.1. The van der Waals surface area contributed by atoms with Crippen LogP contribution in [0.3, 0.4) is 0 Å². The van der Waals surface area contributed by atoms with Crippen LogP contribution in [0.5, 0.6) is 0 Å². The predicted molar refractivity (Wildman–Crippen MR) is 89.9 cm³/mol. The predicted octanol–water partition coefficient (Wildman–Crippen LogP) is 2.31. The smallest absolute Gasteiger partial charge is 0.269 e. The minimum atomic E-state index is -0.447. The van der Waals surface area contributed by atoms with Gasteiger partial charge in [-0.3, -0.25) is 9.48 Å². The number of pyridine rings is 1. The van der Waals surface area contributed by atoms with E-state index < -0.39 is 5.82 Å². The van der Waals surface area contributed by atoms with Crippen LogP contribution in [0.4, 0.5) is 10.2 Å². The molecule has 1 unspecified atom stereocenters. The lowest BCUT2D eigenvalue weighted by Gasteiger charge is -2.34. The van der Waals surface area contributed by atoms with Gasteiger partial charge in [0, 0.05) is 32.4 Å². The van der Waals surface area contributed by atoms with E-state index in [1.807, 2.05) is 11.8 Å². The van der Waals surface area contributed by atoms with E-state index in [9.17, 15) is 9.18 Å². The first-order valence-corrected chi connectivity index (χ1v) is 8.19. The molecule has 1 atom stereocenters. The summed E-state index contributed by atoms with van der Waals surface area (Å²) in [5.74, 6) is -0.346. The second kappa shape index (κ2) is 6.76. The van der Waals surface area contributed by atoms with Crippen molar-refractivity contribution in [2.75, 3.05) is 18.0 Å². The van der Waals surface area contributed by atoms with Gasteiger partial charge in [-0.25, -0.2) is 9.37 Å². The number of rotatable bonds is 3. The minimum absolute atomic E-state index is 0.0710. The highest BCUT2D eigenvalue weighted by Gasteiger charge is 2.25. The number of hydrogen-bond acceptors (Lipinski definition) is 4. The van der Waals surface area contributed by atoms with Gasteiger partial charge in [0.25, 0.3) is 5.91 Å². The lowest BCUT2D eigenvalue weighted by molar-refractivity contribution is 0.0923. The number of nitrogens with zero attached hydrogens (tertiary/aromatic N) is 4. The zero-order valence-corrected chi connectivity index (χ0v) is 14.3. The minimum Gasteiger partial charge on any atom is -0.352 e. The van der Waals surface area contributed by atoms with Crippen LogP contribution in [0.2, 0.25) is 5.02 Å². The molecule has 3 heterocycles. The Hall–Kier alpha value is -2.15. The van der Waals surface area contributed by atoms with Gasteiger partial charge >= 0.3 is 0 Å². The molecule has 0 saturated carbocycles. The molecule has 1 N–H and O–H groups in total. The van der Waals surface area contributed by atoms with Gasteiger partial charge in [0.1, 0.15) is 5.69 Å². The average Bonchev–Trinajstić information content (AvgIpc) is 2.86. The van der Waals surface area contributed by atoms with Crippen LogP contribution in [0.15, 0.2) is 18.3 Å². The van der Waals surface area contributed by atoms with E-state index in [2.05, 4.69) is 15.4 Å². The van der Waals surface area contributed by atoms with Crippen molar-refractivity contribution in [3.63, 3.8) is 0 Å². The van der Waals surface area contributed by atoms with Crippen LogP contribution in [0, 0.1) is 12.7 Å². The molecule has 1 aliphatic heterocycles. The Kier molecular flexibility index (Phi) is 4.71. The Labute approximate surface area is 144 Å². The second-order valence-corrected chi connectivity index (χ2v) is 6.45. The highest BCUT2D eigenvalue weighted by molar-refractivity contribution is 6.30. The Morgan fingerprint density at radius 3 is 2.92 bits per heavy atom. The standard InChI is InChI=1S/C16H19ClFN5O/c1-10-6-14(22(2)21-10)16(24)20-12-4-3-5-23(9-12)15-13(18)7-11(17)8-19-15/h6-8,12H,3-5,9H2,1-2H3,(H,20,24). The van der Waals surface area contributed by atoms with Gasteiger partial charge in [0.15, 0.2) is 11.6 Å². The van der Waals surface area contributed by atoms with Crippen LogP contribution in [-0.2, 0) is 7.05 Å². The van der Waals surface area contributed by atoms with Crippen molar-refractivity contribution in [1.82, 2.24) is 20.1 Å². The summed E-state index contributed by atoms with van der Waals surface area (Å²) < 4.78 is 15.6. The summed E-state index contributed by atoms with van der Waals surface area (Å²) in [5, 5.41) is 7.45. The highest BCUT2D eigenvalue weighted by atomic mass is 35.5. The van der Waals surface area contributed by atoms with Gasteiger partial charge in [-0.2, -0.15) is 5.10 Å². The SMILES string of the molecule is Cc1cc(C(=O)NC2CCCN(c3ncc(Cl)cc3F)C2)n(C)n1. The van der Waals surface area contributed by atoms with Crippen LogP contribution in [0.1, 0.15) is 29.0 Å². The summed E-state index contributed by atoms with van der Waals surface area (Å²) in [5.41, 5.74) is 1.31. The molecule has 1 fully saturated rings. The second-order valence-electron chi connectivity index (χ2n) is 6.01. The maximum Gasteiger partial charge on any atom is 0.269 e. The van der Waals surface area contributed by atoms with Crippen LogP contribution in [0.25, 0.3) is 0 Å².